The Labute approximate surface area is 215 Å². The van der Waals surface area contributed by atoms with Gasteiger partial charge >= 0.3 is 10.3 Å². The molecule has 0 aliphatic heterocycles. The van der Waals surface area contributed by atoms with Crippen molar-refractivity contribution >= 4 is 43.6 Å². The number of carbonyl (C=O) groups is 1. The molecule has 1 aromatic carbocycles. The van der Waals surface area contributed by atoms with Crippen molar-refractivity contribution in [3.63, 3.8) is 0 Å². The molecule has 1 aliphatic carbocycles. The van der Waals surface area contributed by atoms with E-state index < -0.39 is 16.4 Å². The normalized spacial score (nSPS) is 20.3. The van der Waals surface area contributed by atoms with Crippen molar-refractivity contribution in [2.45, 2.75) is 31.9 Å². The highest BCUT2D eigenvalue weighted by molar-refractivity contribution is 9.10. The molecule has 3 atom stereocenters. The maximum Gasteiger partial charge on any atom is 0.333 e. The third-order valence-electron chi connectivity index (χ3n) is 5.94. The number of hydrogen-bond acceptors (Lipinski definition) is 8. The second-order valence-electron chi connectivity index (χ2n) is 8.49. The van der Waals surface area contributed by atoms with Crippen molar-refractivity contribution in [1.82, 2.24) is 19.7 Å². The molecule has 35 heavy (non-hydrogen) atoms. The van der Waals surface area contributed by atoms with Gasteiger partial charge in [0.2, 0.25) is 5.78 Å². The van der Waals surface area contributed by atoms with E-state index in [9.17, 15) is 18.3 Å². The van der Waals surface area contributed by atoms with Crippen molar-refractivity contribution in [3.8, 4) is 0 Å². The molecular weight excluding hydrogens is 562 g/mol. The molecule has 3 aromatic rings. The Balaban J connectivity index is 1.46. The summed E-state index contributed by atoms with van der Waals surface area (Å²) in [4.78, 5) is 21.5. The third-order valence-corrected chi connectivity index (χ3v) is 7.26. The van der Waals surface area contributed by atoms with Gasteiger partial charge in [-0.1, -0.05) is 27.5 Å². The molecular formula is C22H23BrClN5O5S. The van der Waals surface area contributed by atoms with E-state index in [1.165, 1.54) is 12.5 Å². The van der Waals surface area contributed by atoms with E-state index in [1.54, 1.807) is 23.0 Å². The summed E-state index contributed by atoms with van der Waals surface area (Å²) in [7, 11) is -4.08. The van der Waals surface area contributed by atoms with E-state index in [4.69, 9.17) is 16.7 Å². The molecule has 2 aromatic heterocycles. The largest absolute Gasteiger partial charge is 0.393 e. The minimum atomic E-state index is -4.08. The summed E-state index contributed by atoms with van der Waals surface area (Å²) >= 11 is 9.69. The Bertz CT molecular complexity index is 1340. The smallest absolute Gasteiger partial charge is 0.333 e. The molecule has 1 saturated carbocycles. The summed E-state index contributed by atoms with van der Waals surface area (Å²) in [6.45, 7) is 0.205. The lowest BCUT2D eigenvalue weighted by atomic mass is 9.96. The first-order valence-electron chi connectivity index (χ1n) is 10.7. The van der Waals surface area contributed by atoms with Gasteiger partial charge in [0.05, 0.1) is 30.5 Å². The molecule has 10 nitrogen and oxygen atoms in total. The molecule has 2 heterocycles. The molecule has 0 spiro atoms. The molecule has 0 amide bonds. The number of nitrogens with zero attached hydrogens (tertiary/aromatic N) is 4. The van der Waals surface area contributed by atoms with Crippen molar-refractivity contribution in [1.29, 1.82) is 0 Å². The van der Waals surface area contributed by atoms with Gasteiger partial charge in [-0.25, -0.2) is 15.1 Å². The van der Waals surface area contributed by atoms with E-state index in [0.29, 0.717) is 42.1 Å². The lowest BCUT2D eigenvalue weighted by Gasteiger charge is -2.13. The van der Waals surface area contributed by atoms with Crippen LogP contribution in [0.3, 0.4) is 0 Å². The van der Waals surface area contributed by atoms with Crippen LogP contribution in [0.25, 0.3) is 0 Å². The van der Waals surface area contributed by atoms with Crippen LogP contribution < -0.4 is 5.14 Å². The first-order chi connectivity index (χ1) is 16.6. The molecule has 13 heteroatoms. The predicted molar refractivity (Wildman–Crippen MR) is 131 cm³/mol. The first kappa shape index (κ1) is 25.9. The Morgan fingerprint density at radius 1 is 1.31 bits per heavy atom. The minimum absolute atomic E-state index is 0.0169. The SMILES string of the molecule is NS(=O)(=O)OC[C@H]1C[C@@H](Cc2ncncc2C(=O)c2ccn(Cc3cc(Br)ccc3Cl)n2)C[C@@H]1O. The molecule has 1 fully saturated rings. The van der Waals surface area contributed by atoms with Crippen LogP contribution in [0.4, 0.5) is 0 Å². The standard InChI is InChI=1S/C22H23BrClN5O5S/c23-16-1-2-18(24)14(8-16)10-29-4-3-19(28-29)22(31)17-9-26-12-27-20(17)6-13-5-15(21(30)7-13)11-34-35(25,32)33/h1-4,8-9,12-13,15,21,30H,5-7,10-11H2,(H2,25,32,33)/t13-,15+,21-/m0/s1. The van der Waals surface area contributed by atoms with E-state index in [1.807, 2.05) is 12.1 Å². The van der Waals surface area contributed by atoms with Gasteiger partial charge in [-0.05, 0) is 55.0 Å². The fourth-order valence-electron chi connectivity index (χ4n) is 4.27. The number of hydrogen-bond donors (Lipinski definition) is 2. The predicted octanol–water partition coefficient (Wildman–Crippen LogP) is 2.52. The molecule has 3 N–H and O–H groups in total. The van der Waals surface area contributed by atoms with Gasteiger partial charge in [-0.3, -0.25) is 13.7 Å². The highest BCUT2D eigenvalue weighted by Gasteiger charge is 2.35. The van der Waals surface area contributed by atoms with Crippen LogP contribution in [0.5, 0.6) is 0 Å². The van der Waals surface area contributed by atoms with E-state index in [0.717, 1.165) is 10.0 Å². The summed E-state index contributed by atoms with van der Waals surface area (Å²) in [5.41, 5.74) is 1.97. The van der Waals surface area contributed by atoms with Crippen LogP contribution in [0.15, 0.2) is 47.5 Å². The number of rotatable bonds is 9. The summed E-state index contributed by atoms with van der Waals surface area (Å²) in [6.07, 6.45) is 5.16. The highest BCUT2D eigenvalue weighted by atomic mass is 79.9. The molecule has 1 aliphatic rings. The summed E-state index contributed by atoms with van der Waals surface area (Å²) < 4.78 is 29.3. The molecule has 4 rings (SSSR count). The average Bonchev–Trinajstić information content (AvgIpc) is 3.40. The van der Waals surface area contributed by atoms with E-state index in [-0.39, 0.29) is 29.9 Å². The lowest BCUT2D eigenvalue weighted by molar-refractivity contribution is 0.100. The van der Waals surface area contributed by atoms with Gasteiger partial charge < -0.3 is 5.11 Å². The van der Waals surface area contributed by atoms with Gasteiger partial charge in [-0.2, -0.15) is 13.5 Å². The van der Waals surface area contributed by atoms with Crippen molar-refractivity contribution in [2.75, 3.05) is 6.61 Å². The second kappa shape index (κ2) is 10.8. The van der Waals surface area contributed by atoms with Gasteiger partial charge in [0, 0.05) is 27.8 Å². The van der Waals surface area contributed by atoms with Crippen LogP contribution >= 0.6 is 27.5 Å². The van der Waals surface area contributed by atoms with Crippen molar-refractivity contribution in [3.05, 3.63) is 75.0 Å². The zero-order chi connectivity index (χ0) is 25.2. The number of aromatic nitrogens is 4. The quantitative estimate of drug-likeness (QED) is 0.364. The monoisotopic (exact) mass is 583 g/mol. The van der Waals surface area contributed by atoms with Crippen LogP contribution in [0.2, 0.25) is 5.02 Å². The number of benzene rings is 1. The number of ketones is 1. The van der Waals surface area contributed by atoms with Gasteiger partial charge in [0.1, 0.15) is 12.0 Å². The topological polar surface area (TPSA) is 150 Å². The van der Waals surface area contributed by atoms with Gasteiger partial charge in [0.15, 0.2) is 0 Å². The number of halogens is 2. The summed E-state index contributed by atoms with van der Waals surface area (Å²) in [6, 6.07) is 7.16. The maximum absolute atomic E-state index is 13.2. The maximum atomic E-state index is 13.2. The number of aliphatic hydroxyl groups excluding tert-OH is 1. The first-order valence-corrected chi connectivity index (χ1v) is 13.4. The lowest BCUT2D eigenvalue weighted by Crippen LogP contribution is -2.24. The second-order valence-corrected chi connectivity index (χ2v) is 11.0. The van der Waals surface area contributed by atoms with Crippen LogP contribution in [0, 0.1) is 11.8 Å². The zero-order valence-corrected chi connectivity index (χ0v) is 21.6. The Morgan fingerprint density at radius 3 is 2.89 bits per heavy atom. The number of carbonyl (C=O) groups excluding carboxylic acids is 1. The minimum Gasteiger partial charge on any atom is -0.393 e. The highest BCUT2D eigenvalue weighted by Crippen LogP contribution is 2.34. The molecule has 186 valence electrons. The Morgan fingerprint density at radius 2 is 2.11 bits per heavy atom. The Kier molecular flexibility index (Phi) is 7.99. The van der Waals surface area contributed by atoms with Crippen LogP contribution in [0.1, 0.15) is 40.2 Å². The van der Waals surface area contributed by atoms with E-state index >= 15 is 0 Å². The number of nitrogens with two attached hydrogens (primary N) is 1. The average molecular weight is 585 g/mol. The van der Waals surface area contributed by atoms with Crippen LogP contribution in [-0.2, 0) is 27.5 Å². The summed E-state index contributed by atoms with van der Waals surface area (Å²) in [5.74, 6) is -0.705. The molecule has 0 saturated heterocycles. The molecule has 0 bridgehead atoms. The van der Waals surface area contributed by atoms with E-state index in [2.05, 4.69) is 35.2 Å². The van der Waals surface area contributed by atoms with Crippen LogP contribution in [-0.4, -0.2) is 51.8 Å². The Hall–Kier alpha value is -2.22. The fraction of sp³-hybridized carbons (Fsp3) is 0.364. The summed E-state index contributed by atoms with van der Waals surface area (Å²) in [5, 5.41) is 20.2. The van der Waals surface area contributed by atoms with Crippen molar-refractivity contribution < 1.29 is 22.5 Å². The zero-order valence-electron chi connectivity index (χ0n) is 18.4. The molecule has 0 radical (unpaired) electrons. The van der Waals surface area contributed by atoms with Gasteiger partial charge in [-0.15, -0.1) is 0 Å². The molecule has 0 unspecified atom stereocenters. The third kappa shape index (κ3) is 6.72. The van der Waals surface area contributed by atoms with Gasteiger partial charge in [0.25, 0.3) is 0 Å². The fourth-order valence-corrected chi connectivity index (χ4v) is 5.22. The van der Waals surface area contributed by atoms with Crippen molar-refractivity contribution in [2.24, 2.45) is 17.0 Å². The number of aliphatic hydroxyl groups is 1.